The van der Waals surface area contributed by atoms with Crippen LogP contribution in [-0.2, 0) is 20.9 Å². The molecule has 0 aromatic heterocycles. The van der Waals surface area contributed by atoms with Gasteiger partial charge >= 0.3 is 5.97 Å². The Bertz CT molecular complexity index is 541. The van der Waals surface area contributed by atoms with Gasteiger partial charge in [-0.25, -0.2) is 0 Å². The summed E-state index contributed by atoms with van der Waals surface area (Å²) < 4.78 is 11.3. The molecule has 1 aromatic rings. The van der Waals surface area contributed by atoms with Crippen molar-refractivity contribution in [1.29, 1.82) is 0 Å². The van der Waals surface area contributed by atoms with Crippen LogP contribution in [0.3, 0.4) is 0 Å². The van der Waals surface area contributed by atoms with Crippen molar-refractivity contribution in [2.24, 2.45) is 0 Å². The van der Waals surface area contributed by atoms with E-state index in [-0.39, 0.29) is 18.2 Å². The summed E-state index contributed by atoms with van der Waals surface area (Å²) in [5.74, 6) is -0.125. The van der Waals surface area contributed by atoms with Gasteiger partial charge in [0.05, 0.1) is 18.8 Å². The van der Waals surface area contributed by atoms with Gasteiger partial charge in [0.25, 0.3) is 0 Å². The number of nitrogens with zero attached hydrogens (tertiary/aromatic N) is 2. The molecule has 1 aromatic carbocycles. The number of carbonyl (C=O) groups is 1. The summed E-state index contributed by atoms with van der Waals surface area (Å²) >= 11 is 0. The lowest BCUT2D eigenvalue weighted by Gasteiger charge is -2.38. The van der Waals surface area contributed by atoms with Crippen LogP contribution in [0, 0.1) is 0 Å². The van der Waals surface area contributed by atoms with E-state index in [2.05, 4.69) is 23.6 Å². The lowest BCUT2D eigenvalue weighted by Crippen LogP contribution is -2.50. The number of hydrogen-bond acceptors (Lipinski definition) is 5. The topological polar surface area (TPSA) is 42.0 Å². The summed E-state index contributed by atoms with van der Waals surface area (Å²) in [5.41, 5.74) is 1.03. The zero-order chi connectivity index (χ0) is 17.6. The average molecular weight is 346 g/mol. The summed E-state index contributed by atoms with van der Waals surface area (Å²) in [6, 6.07) is 10.3. The first-order chi connectivity index (χ1) is 12.1. The standard InChI is InChI=1S/C20H30N2O3/c1-16-11-21(12-17(2)25-16)13-19-9-6-10-22(19)14-20(23)24-15-18-7-4-3-5-8-18/h3-5,7-8,16-17,19H,6,9-15H2,1-2H3/t16-,17+,19-/m1/s1. The van der Waals surface area contributed by atoms with Crippen LogP contribution in [-0.4, -0.2) is 66.7 Å². The van der Waals surface area contributed by atoms with E-state index in [0.717, 1.165) is 44.6 Å². The highest BCUT2D eigenvalue weighted by molar-refractivity contribution is 5.71. The Labute approximate surface area is 150 Å². The molecule has 0 N–H and O–H groups in total. The average Bonchev–Trinajstić information content (AvgIpc) is 3.00. The maximum Gasteiger partial charge on any atom is 0.320 e. The molecule has 3 atom stereocenters. The molecule has 2 aliphatic heterocycles. The molecule has 0 bridgehead atoms. The fraction of sp³-hybridized carbons (Fsp3) is 0.650. The normalized spacial score (nSPS) is 28.2. The van der Waals surface area contributed by atoms with Crippen molar-refractivity contribution < 1.29 is 14.3 Å². The first-order valence-corrected chi connectivity index (χ1v) is 9.41. The lowest BCUT2D eigenvalue weighted by atomic mass is 10.1. The molecule has 2 heterocycles. The van der Waals surface area contributed by atoms with Gasteiger partial charge in [0.2, 0.25) is 0 Å². The summed E-state index contributed by atoms with van der Waals surface area (Å²) in [4.78, 5) is 17.0. The highest BCUT2D eigenvalue weighted by Gasteiger charge is 2.31. The van der Waals surface area contributed by atoms with E-state index in [1.165, 1.54) is 0 Å². The van der Waals surface area contributed by atoms with Crippen molar-refractivity contribution in [3.05, 3.63) is 35.9 Å². The van der Waals surface area contributed by atoms with Crippen LogP contribution in [0.5, 0.6) is 0 Å². The van der Waals surface area contributed by atoms with Gasteiger partial charge in [-0.3, -0.25) is 14.6 Å². The van der Waals surface area contributed by atoms with Crippen molar-refractivity contribution in [1.82, 2.24) is 9.80 Å². The number of morpholine rings is 1. The molecule has 0 unspecified atom stereocenters. The number of benzene rings is 1. The second kappa shape index (κ2) is 8.79. The number of rotatable bonds is 6. The molecule has 138 valence electrons. The maximum absolute atomic E-state index is 12.2. The third-order valence-corrected chi connectivity index (χ3v) is 5.04. The van der Waals surface area contributed by atoms with E-state index >= 15 is 0 Å². The zero-order valence-corrected chi connectivity index (χ0v) is 15.4. The monoisotopic (exact) mass is 346 g/mol. The van der Waals surface area contributed by atoms with Crippen LogP contribution in [0.25, 0.3) is 0 Å². The molecule has 0 saturated carbocycles. The van der Waals surface area contributed by atoms with E-state index in [1.54, 1.807) is 0 Å². The van der Waals surface area contributed by atoms with E-state index in [0.29, 0.717) is 19.2 Å². The Morgan fingerprint density at radius 2 is 1.92 bits per heavy atom. The second-order valence-electron chi connectivity index (χ2n) is 7.39. The summed E-state index contributed by atoms with van der Waals surface area (Å²) in [6.07, 6.45) is 2.89. The number of carbonyl (C=O) groups excluding carboxylic acids is 1. The van der Waals surface area contributed by atoms with Crippen LogP contribution < -0.4 is 0 Å². The number of hydrogen-bond donors (Lipinski definition) is 0. The molecule has 5 heteroatoms. The van der Waals surface area contributed by atoms with Crippen molar-refractivity contribution in [2.45, 2.75) is 51.5 Å². The molecule has 0 amide bonds. The highest BCUT2D eigenvalue weighted by atomic mass is 16.5. The highest BCUT2D eigenvalue weighted by Crippen LogP contribution is 2.20. The number of esters is 1. The molecule has 2 saturated heterocycles. The maximum atomic E-state index is 12.2. The zero-order valence-electron chi connectivity index (χ0n) is 15.4. The Hall–Kier alpha value is -1.43. The summed E-state index contributed by atoms with van der Waals surface area (Å²) in [7, 11) is 0. The molecule has 2 fully saturated rings. The van der Waals surface area contributed by atoms with Crippen molar-refractivity contribution in [2.75, 3.05) is 32.7 Å². The number of likely N-dealkylation sites (tertiary alicyclic amines) is 1. The molecular weight excluding hydrogens is 316 g/mol. The first kappa shape index (κ1) is 18.4. The molecule has 5 nitrogen and oxygen atoms in total. The SMILES string of the molecule is C[C@@H]1CN(C[C@H]2CCCN2CC(=O)OCc2ccccc2)C[C@H](C)O1. The van der Waals surface area contributed by atoms with Gasteiger partial charge in [0, 0.05) is 25.7 Å². The van der Waals surface area contributed by atoms with E-state index in [1.807, 2.05) is 30.3 Å². The number of ether oxygens (including phenoxy) is 2. The van der Waals surface area contributed by atoms with Crippen LogP contribution in [0.4, 0.5) is 0 Å². The van der Waals surface area contributed by atoms with Gasteiger partial charge in [-0.2, -0.15) is 0 Å². The van der Waals surface area contributed by atoms with Crippen molar-refractivity contribution in [3.63, 3.8) is 0 Å². The molecule has 0 radical (unpaired) electrons. The molecule has 3 rings (SSSR count). The Morgan fingerprint density at radius 3 is 2.64 bits per heavy atom. The predicted molar refractivity (Wildman–Crippen MR) is 97.3 cm³/mol. The smallest absolute Gasteiger partial charge is 0.320 e. The Morgan fingerprint density at radius 1 is 1.20 bits per heavy atom. The Balaban J connectivity index is 1.45. The largest absolute Gasteiger partial charge is 0.460 e. The minimum absolute atomic E-state index is 0.125. The second-order valence-corrected chi connectivity index (χ2v) is 7.39. The van der Waals surface area contributed by atoms with Gasteiger partial charge in [-0.1, -0.05) is 30.3 Å². The predicted octanol–water partition coefficient (Wildman–Crippen LogP) is 2.30. The van der Waals surface area contributed by atoms with Gasteiger partial charge in [0.1, 0.15) is 6.61 Å². The fourth-order valence-corrected chi connectivity index (χ4v) is 3.99. The molecule has 0 spiro atoms. The first-order valence-electron chi connectivity index (χ1n) is 9.41. The van der Waals surface area contributed by atoms with Gasteiger partial charge < -0.3 is 9.47 Å². The molecular formula is C20H30N2O3. The van der Waals surface area contributed by atoms with Crippen LogP contribution >= 0.6 is 0 Å². The van der Waals surface area contributed by atoms with Gasteiger partial charge in [-0.05, 0) is 38.8 Å². The molecule has 25 heavy (non-hydrogen) atoms. The van der Waals surface area contributed by atoms with Crippen LogP contribution in [0.2, 0.25) is 0 Å². The Kier molecular flexibility index (Phi) is 6.45. The van der Waals surface area contributed by atoms with Crippen LogP contribution in [0.1, 0.15) is 32.3 Å². The van der Waals surface area contributed by atoms with Crippen LogP contribution in [0.15, 0.2) is 30.3 Å². The fourth-order valence-electron chi connectivity index (χ4n) is 3.99. The third kappa shape index (κ3) is 5.53. The van der Waals surface area contributed by atoms with Gasteiger partial charge in [-0.15, -0.1) is 0 Å². The summed E-state index contributed by atoms with van der Waals surface area (Å²) in [6.45, 7) is 8.99. The quantitative estimate of drug-likeness (QED) is 0.740. The third-order valence-electron chi connectivity index (χ3n) is 5.04. The molecule has 2 aliphatic rings. The van der Waals surface area contributed by atoms with E-state index in [9.17, 15) is 4.79 Å². The molecule has 0 aliphatic carbocycles. The van der Waals surface area contributed by atoms with E-state index in [4.69, 9.17) is 9.47 Å². The minimum Gasteiger partial charge on any atom is -0.460 e. The van der Waals surface area contributed by atoms with Crippen molar-refractivity contribution >= 4 is 5.97 Å². The van der Waals surface area contributed by atoms with Crippen molar-refractivity contribution in [3.8, 4) is 0 Å². The summed E-state index contributed by atoms with van der Waals surface area (Å²) in [5, 5.41) is 0. The van der Waals surface area contributed by atoms with E-state index < -0.39 is 0 Å². The van der Waals surface area contributed by atoms with Gasteiger partial charge in [0.15, 0.2) is 0 Å². The minimum atomic E-state index is -0.125. The lowest BCUT2D eigenvalue weighted by molar-refractivity contribution is -0.146.